The number of hydrogen-bond donors (Lipinski definition) is 0. The molecule has 0 fully saturated rings. The van der Waals surface area contributed by atoms with E-state index < -0.39 is 12.7 Å². The Kier molecular flexibility index (Phi) is 4.32. The van der Waals surface area contributed by atoms with E-state index in [4.69, 9.17) is 5.26 Å². The molecule has 0 radical (unpaired) electrons. The molecule has 0 aliphatic carbocycles. The van der Waals surface area contributed by atoms with Gasteiger partial charge in [0.2, 0.25) is 0 Å². The SMILES string of the molecule is CCN(CC(F)(F)F)c1ccc(C=O)cc1C#N. The van der Waals surface area contributed by atoms with Crippen molar-refractivity contribution in [3.8, 4) is 6.07 Å². The molecule has 0 aromatic heterocycles. The molecule has 3 nitrogen and oxygen atoms in total. The Morgan fingerprint density at radius 2 is 2.11 bits per heavy atom. The number of aldehydes is 1. The van der Waals surface area contributed by atoms with E-state index in [1.165, 1.54) is 18.2 Å². The van der Waals surface area contributed by atoms with Crippen LogP contribution in [0, 0.1) is 11.3 Å². The molecular formula is C12H11F3N2O. The van der Waals surface area contributed by atoms with Gasteiger partial charge in [-0.05, 0) is 25.1 Å². The first kappa shape index (κ1) is 14.0. The van der Waals surface area contributed by atoms with Crippen LogP contribution in [0.25, 0.3) is 0 Å². The summed E-state index contributed by atoms with van der Waals surface area (Å²) in [5, 5.41) is 8.91. The Morgan fingerprint density at radius 3 is 2.56 bits per heavy atom. The summed E-state index contributed by atoms with van der Waals surface area (Å²) in [6.45, 7) is 0.563. The van der Waals surface area contributed by atoms with Gasteiger partial charge in [0.15, 0.2) is 0 Å². The molecule has 0 saturated heterocycles. The molecule has 0 bridgehead atoms. The van der Waals surface area contributed by atoms with Crippen LogP contribution < -0.4 is 4.90 Å². The lowest BCUT2D eigenvalue weighted by atomic mass is 10.1. The van der Waals surface area contributed by atoms with Gasteiger partial charge in [-0.2, -0.15) is 18.4 Å². The van der Waals surface area contributed by atoms with E-state index in [-0.39, 0.29) is 23.4 Å². The topological polar surface area (TPSA) is 44.1 Å². The number of carbonyl (C=O) groups is 1. The minimum absolute atomic E-state index is 0.0608. The van der Waals surface area contributed by atoms with Crippen molar-refractivity contribution in [3.63, 3.8) is 0 Å². The van der Waals surface area contributed by atoms with E-state index >= 15 is 0 Å². The van der Waals surface area contributed by atoms with Crippen molar-refractivity contribution in [1.82, 2.24) is 0 Å². The molecule has 1 aromatic rings. The van der Waals surface area contributed by atoms with Crippen LogP contribution in [0.4, 0.5) is 18.9 Å². The minimum atomic E-state index is -4.34. The predicted octanol–water partition coefficient (Wildman–Crippen LogP) is 2.76. The van der Waals surface area contributed by atoms with Gasteiger partial charge in [-0.25, -0.2) is 0 Å². The molecular weight excluding hydrogens is 245 g/mol. The van der Waals surface area contributed by atoms with Gasteiger partial charge in [-0.3, -0.25) is 4.79 Å². The van der Waals surface area contributed by atoms with E-state index in [0.29, 0.717) is 6.29 Å². The largest absolute Gasteiger partial charge is 0.405 e. The van der Waals surface area contributed by atoms with Gasteiger partial charge in [0.25, 0.3) is 0 Å². The fourth-order valence-corrected chi connectivity index (χ4v) is 1.58. The van der Waals surface area contributed by atoms with Crippen LogP contribution in [0.1, 0.15) is 22.8 Å². The number of carbonyl (C=O) groups excluding carboxylic acids is 1. The number of benzene rings is 1. The van der Waals surface area contributed by atoms with Crippen LogP contribution in [0.15, 0.2) is 18.2 Å². The molecule has 0 aliphatic rings. The summed E-state index contributed by atoms with van der Waals surface area (Å²) >= 11 is 0. The van der Waals surface area contributed by atoms with Crippen LogP contribution in [0.5, 0.6) is 0 Å². The van der Waals surface area contributed by atoms with Crippen molar-refractivity contribution in [2.24, 2.45) is 0 Å². The third-order valence-corrected chi connectivity index (χ3v) is 2.37. The summed E-state index contributed by atoms with van der Waals surface area (Å²) in [4.78, 5) is 11.6. The number of anilines is 1. The highest BCUT2D eigenvalue weighted by Gasteiger charge is 2.31. The summed E-state index contributed by atoms with van der Waals surface area (Å²) < 4.78 is 37.1. The molecule has 1 rings (SSSR count). The predicted molar refractivity (Wildman–Crippen MR) is 60.5 cm³/mol. The Bertz CT molecular complexity index is 477. The van der Waals surface area contributed by atoms with Crippen molar-refractivity contribution in [2.75, 3.05) is 18.0 Å². The van der Waals surface area contributed by atoms with Crippen LogP contribution in [-0.2, 0) is 0 Å². The maximum absolute atomic E-state index is 12.4. The van der Waals surface area contributed by atoms with Crippen LogP contribution in [-0.4, -0.2) is 25.6 Å². The van der Waals surface area contributed by atoms with Gasteiger partial charge in [0.1, 0.15) is 18.9 Å². The second kappa shape index (κ2) is 5.54. The van der Waals surface area contributed by atoms with Crippen molar-refractivity contribution in [1.29, 1.82) is 5.26 Å². The van der Waals surface area contributed by atoms with Gasteiger partial charge in [0.05, 0.1) is 11.3 Å². The summed E-state index contributed by atoms with van der Waals surface area (Å²) in [5.74, 6) is 0. The summed E-state index contributed by atoms with van der Waals surface area (Å²) in [6, 6.07) is 5.83. The average molecular weight is 256 g/mol. The molecule has 0 spiro atoms. The zero-order valence-corrected chi connectivity index (χ0v) is 9.66. The van der Waals surface area contributed by atoms with Gasteiger partial charge in [-0.1, -0.05) is 0 Å². The Morgan fingerprint density at radius 1 is 1.44 bits per heavy atom. The van der Waals surface area contributed by atoms with Crippen molar-refractivity contribution in [2.45, 2.75) is 13.1 Å². The number of halogens is 3. The molecule has 0 atom stereocenters. The molecule has 1 aromatic carbocycles. The normalized spacial score (nSPS) is 10.8. The second-order valence-corrected chi connectivity index (χ2v) is 3.64. The molecule has 18 heavy (non-hydrogen) atoms. The Balaban J connectivity index is 3.14. The molecule has 96 valence electrons. The summed E-state index contributed by atoms with van der Waals surface area (Å²) in [5.41, 5.74) is 0.506. The monoisotopic (exact) mass is 256 g/mol. The lowest BCUT2D eigenvalue weighted by Crippen LogP contribution is -2.34. The number of alkyl halides is 3. The lowest BCUT2D eigenvalue weighted by Gasteiger charge is -2.25. The Labute approximate surface area is 102 Å². The zero-order chi connectivity index (χ0) is 13.8. The fraction of sp³-hybridized carbons (Fsp3) is 0.333. The van der Waals surface area contributed by atoms with Crippen molar-refractivity contribution < 1.29 is 18.0 Å². The third-order valence-electron chi connectivity index (χ3n) is 2.37. The summed E-state index contributed by atoms with van der Waals surface area (Å²) in [6.07, 6.45) is -3.79. The van der Waals surface area contributed by atoms with E-state index in [1.54, 1.807) is 13.0 Å². The quantitative estimate of drug-likeness (QED) is 0.778. The maximum Gasteiger partial charge on any atom is 0.405 e. The van der Waals surface area contributed by atoms with Crippen LogP contribution in [0.2, 0.25) is 0 Å². The minimum Gasteiger partial charge on any atom is -0.362 e. The van der Waals surface area contributed by atoms with Crippen LogP contribution >= 0.6 is 0 Å². The third kappa shape index (κ3) is 3.48. The highest BCUT2D eigenvalue weighted by atomic mass is 19.4. The number of hydrogen-bond acceptors (Lipinski definition) is 3. The zero-order valence-electron chi connectivity index (χ0n) is 9.66. The van der Waals surface area contributed by atoms with Crippen LogP contribution in [0.3, 0.4) is 0 Å². The Hall–Kier alpha value is -2.03. The van der Waals surface area contributed by atoms with Gasteiger partial charge >= 0.3 is 6.18 Å². The summed E-state index contributed by atoms with van der Waals surface area (Å²) in [7, 11) is 0. The van der Waals surface area contributed by atoms with E-state index in [0.717, 1.165) is 4.90 Å². The smallest absolute Gasteiger partial charge is 0.362 e. The first-order valence-corrected chi connectivity index (χ1v) is 5.22. The van der Waals surface area contributed by atoms with E-state index in [9.17, 15) is 18.0 Å². The molecule has 0 aliphatic heterocycles. The molecule has 0 unspecified atom stereocenters. The van der Waals surface area contributed by atoms with Gasteiger partial charge in [0, 0.05) is 12.1 Å². The van der Waals surface area contributed by atoms with E-state index in [2.05, 4.69) is 0 Å². The van der Waals surface area contributed by atoms with E-state index in [1.807, 2.05) is 0 Å². The first-order valence-electron chi connectivity index (χ1n) is 5.22. The number of rotatable bonds is 4. The van der Waals surface area contributed by atoms with Crippen molar-refractivity contribution in [3.05, 3.63) is 29.3 Å². The average Bonchev–Trinajstić information content (AvgIpc) is 2.34. The van der Waals surface area contributed by atoms with Gasteiger partial charge < -0.3 is 4.90 Å². The number of nitrogens with zero attached hydrogens (tertiary/aromatic N) is 2. The highest BCUT2D eigenvalue weighted by molar-refractivity contribution is 5.78. The maximum atomic E-state index is 12.4. The molecule has 0 saturated carbocycles. The standard InChI is InChI=1S/C12H11F3N2O/c1-2-17(8-12(13,14)15)11-4-3-9(7-18)5-10(11)6-16/h3-5,7H,2,8H2,1H3. The number of nitriles is 1. The van der Waals surface area contributed by atoms with Crippen molar-refractivity contribution >= 4 is 12.0 Å². The molecule has 0 N–H and O–H groups in total. The highest BCUT2D eigenvalue weighted by Crippen LogP contribution is 2.25. The molecule has 6 heteroatoms. The molecule has 0 amide bonds. The second-order valence-electron chi connectivity index (χ2n) is 3.64. The fourth-order valence-electron chi connectivity index (χ4n) is 1.58. The van der Waals surface area contributed by atoms with Gasteiger partial charge in [-0.15, -0.1) is 0 Å². The molecule has 0 heterocycles. The first-order chi connectivity index (χ1) is 8.41. The lowest BCUT2D eigenvalue weighted by molar-refractivity contribution is -0.119.